The van der Waals surface area contributed by atoms with Gasteiger partial charge >= 0.3 is 5.97 Å². The molecule has 3 aliphatic heterocycles. The minimum atomic E-state index is -0.768. The van der Waals surface area contributed by atoms with Crippen molar-refractivity contribution in [2.24, 2.45) is 11.8 Å². The lowest BCUT2D eigenvalue weighted by Gasteiger charge is -2.39. The summed E-state index contributed by atoms with van der Waals surface area (Å²) in [7, 11) is 0. The fraction of sp³-hybridized carbons (Fsp3) is 0.630. The molecule has 2 saturated heterocycles. The van der Waals surface area contributed by atoms with Crippen LogP contribution in [0.3, 0.4) is 0 Å². The number of carbonyl (C=O) groups excluding carboxylic acids is 2. The van der Waals surface area contributed by atoms with E-state index in [1.54, 1.807) is 6.92 Å². The maximum atomic E-state index is 13.2. The predicted molar refractivity (Wildman–Crippen MR) is 129 cm³/mol. The molecule has 0 bridgehead atoms. The van der Waals surface area contributed by atoms with Crippen LogP contribution in [0.15, 0.2) is 41.5 Å². The van der Waals surface area contributed by atoms with Crippen LogP contribution in [0.2, 0.25) is 0 Å². The van der Waals surface area contributed by atoms with Crippen molar-refractivity contribution >= 4 is 11.9 Å². The average Bonchev–Trinajstić information content (AvgIpc) is 3.02. The van der Waals surface area contributed by atoms with E-state index in [1.165, 1.54) is 12.0 Å². The van der Waals surface area contributed by atoms with Crippen molar-refractivity contribution in [3.8, 4) is 0 Å². The summed E-state index contributed by atoms with van der Waals surface area (Å²) in [5.74, 6) is 1.01. The summed E-state index contributed by atoms with van der Waals surface area (Å²) >= 11 is 0. The summed E-state index contributed by atoms with van der Waals surface area (Å²) in [5, 5.41) is 3.09. The maximum absolute atomic E-state index is 13.2. The molecule has 1 spiro atoms. The Morgan fingerprint density at radius 2 is 1.76 bits per heavy atom. The van der Waals surface area contributed by atoms with Gasteiger partial charge in [0.1, 0.15) is 5.60 Å². The third-order valence-electron chi connectivity index (χ3n) is 7.45. The molecule has 4 rings (SSSR count). The highest BCUT2D eigenvalue weighted by Crippen LogP contribution is 2.41. The number of benzene rings is 1. The van der Waals surface area contributed by atoms with E-state index < -0.39 is 5.60 Å². The van der Waals surface area contributed by atoms with Crippen LogP contribution < -0.4 is 5.32 Å². The van der Waals surface area contributed by atoms with Gasteiger partial charge in [0.25, 0.3) is 5.91 Å². The fourth-order valence-corrected chi connectivity index (χ4v) is 5.96. The van der Waals surface area contributed by atoms with Crippen LogP contribution >= 0.6 is 0 Å². The van der Waals surface area contributed by atoms with Crippen LogP contribution in [0.25, 0.3) is 0 Å². The van der Waals surface area contributed by atoms with Crippen LogP contribution in [0.1, 0.15) is 52.0 Å². The summed E-state index contributed by atoms with van der Waals surface area (Å²) in [6.45, 7) is 12.8. The van der Waals surface area contributed by atoms with Crippen molar-refractivity contribution in [2.75, 3.05) is 39.3 Å². The topological polar surface area (TPSA) is 61.9 Å². The molecule has 2 atom stereocenters. The maximum Gasteiger partial charge on any atom is 0.335 e. The molecule has 2 unspecified atom stereocenters. The first-order valence-electron chi connectivity index (χ1n) is 12.6. The summed E-state index contributed by atoms with van der Waals surface area (Å²) in [5.41, 5.74) is 1.55. The molecule has 3 heterocycles. The average molecular weight is 454 g/mol. The second kappa shape index (κ2) is 10.4. The van der Waals surface area contributed by atoms with Crippen molar-refractivity contribution in [1.82, 2.24) is 15.1 Å². The molecule has 0 radical (unpaired) electrons. The van der Waals surface area contributed by atoms with Gasteiger partial charge in [0.05, 0.1) is 5.57 Å². The van der Waals surface area contributed by atoms with Crippen molar-refractivity contribution in [1.29, 1.82) is 0 Å². The highest BCUT2D eigenvalue weighted by Gasteiger charge is 2.50. The Morgan fingerprint density at radius 3 is 2.42 bits per heavy atom. The smallest absolute Gasteiger partial charge is 0.335 e. The standard InChI is InChI=1S/C27H39N3O3/c1-20-16-21(2)18-30(17-20)13-7-12-28-25(31)24-22(3)26(32)33-27(24)10-14-29(15-11-27)19-23-8-5-4-6-9-23/h4-6,8-9,20-21H,7,10-19H2,1-3H3,(H,28,31). The van der Waals surface area contributed by atoms with E-state index in [1.807, 2.05) is 6.07 Å². The number of piperidine rings is 2. The zero-order valence-electron chi connectivity index (χ0n) is 20.4. The van der Waals surface area contributed by atoms with Gasteiger partial charge in [-0.15, -0.1) is 0 Å². The molecule has 0 saturated carbocycles. The third-order valence-corrected chi connectivity index (χ3v) is 7.45. The minimum Gasteiger partial charge on any atom is -0.450 e. The van der Waals surface area contributed by atoms with Gasteiger partial charge in [-0.05, 0) is 43.7 Å². The van der Waals surface area contributed by atoms with E-state index in [0.717, 1.165) is 57.5 Å². The van der Waals surface area contributed by atoms with Crippen LogP contribution in [-0.2, 0) is 20.9 Å². The molecular formula is C27H39N3O3. The zero-order chi connectivity index (χ0) is 23.4. The number of nitrogens with zero attached hydrogens (tertiary/aromatic N) is 2. The number of esters is 1. The van der Waals surface area contributed by atoms with Crippen LogP contribution in [0, 0.1) is 11.8 Å². The molecule has 0 aliphatic carbocycles. The Hall–Kier alpha value is -2.18. The molecule has 1 amide bonds. The monoisotopic (exact) mass is 453 g/mol. The lowest BCUT2D eigenvalue weighted by molar-refractivity contribution is -0.151. The molecular weight excluding hydrogens is 414 g/mol. The Bertz CT molecular complexity index is 864. The number of likely N-dealkylation sites (tertiary alicyclic amines) is 2. The van der Waals surface area contributed by atoms with Crippen LogP contribution in [-0.4, -0.2) is 66.5 Å². The second-order valence-electron chi connectivity index (χ2n) is 10.5. The number of carbonyl (C=O) groups is 2. The molecule has 1 N–H and O–H groups in total. The molecule has 3 aliphatic rings. The zero-order valence-corrected chi connectivity index (χ0v) is 20.4. The predicted octanol–water partition coefficient (Wildman–Crippen LogP) is 3.38. The van der Waals surface area contributed by atoms with E-state index in [0.29, 0.717) is 30.5 Å². The Balaban J connectivity index is 1.30. The van der Waals surface area contributed by atoms with Crippen molar-refractivity contribution in [2.45, 2.75) is 58.6 Å². The number of nitrogens with one attached hydrogen (secondary N) is 1. The van der Waals surface area contributed by atoms with Gasteiger partial charge in [0.15, 0.2) is 0 Å². The van der Waals surface area contributed by atoms with Gasteiger partial charge in [-0.25, -0.2) is 4.79 Å². The highest BCUT2D eigenvalue weighted by atomic mass is 16.6. The molecule has 180 valence electrons. The van der Waals surface area contributed by atoms with E-state index in [9.17, 15) is 9.59 Å². The largest absolute Gasteiger partial charge is 0.450 e. The molecule has 6 heteroatoms. The van der Waals surface area contributed by atoms with Gasteiger partial charge in [-0.2, -0.15) is 0 Å². The lowest BCUT2D eigenvalue weighted by atomic mass is 9.82. The van der Waals surface area contributed by atoms with Gasteiger partial charge in [-0.1, -0.05) is 44.2 Å². The summed E-state index contributed by atoms with van der Waals surface area (Å²) in [4.78, 5) is 30.5. The first-order valence-corrected chi connectivity index (χ1v) is 12.6. The van der Waals surface area contributed by atoms with E-state index in [4.69, 9.17) is 4.74 Å². The lowest BCUT2D eigenvalue weighted by Crippen LogP contribution is -2.48. The van der Waals surface area contributed by atoms with Gasteiger partial charge < -0.3 is 15.0 Å². The highest BCUT2D eigenvalue weighted by molar-refractivity contribution is 6.07. The van der Waals surface area contributed by atoms with Crippen LogP contribution in [0.5, 0.6) is 0 Å². The van der Waals surface area contributed by atoms with Gasteiger partial charge in [0, 0.05) is 57.7 Å². The normalized spacial score (nSPS) is 26.0. The number of ether oxygens (including phenoxy) is 1. The Morgan fingerprint density at radius 1 is 1.09 bits per heavy atom. The Labute approximate surface area is 198 Å². The number of rotatable bonds is 7. The summed E-state index contributed by atoms with van der Waals surface area (Å²) in [6.07, 6.45) is 3.55. The molecule has 1 aromatic carbocycles. The minimum absolute atomic E-state index is 0.129. The molecule has 2 fully saturated rings. The first kappa shape index (κ1) is 24.0. The quantitative estimate of drug-likeness (QED) is 0.507. The molecule has 33 heavy (non-hydrogen) atoms. The summed E-state index contributed by atoms with van der Waals surface area (Å²) < 4.78 is 5.85. The van der Waals surface area contributed by atoms with Crippen molar-refractivity contribution in [3.05, 3.63) is 47.0 Å². The Kier molecular flexibility index (Phi) is 7.55. The van der Waals surface area contributed by atoms with Crippen molar-refractivity contribution < 1.29 is 14.3 Å². The van der Waals surface area contributed by atoms with Gasteiger partial charge in [-0.3, -0.25) is 9.69 Å². The van der Waals surface area contributed by atoms with Gasteiger partial charge in [0.2, 0.25) is 0 Å². The van der Waals surface area contributed by atoms with Crippen LogP contribution in [0.4, 0.5) is 0 Å². The molecule has 6 nitrogen and oxygen atoms in total. The number of hydrogen-bond acceptors (Lipinski definition) is 5. The SMILES string of the molecule is CC1=C(C(=O)NCCCN2CC(C)CC(C)C2)C2(CCN(Cc3ccccc3)CC2)OC1=O. The van der Waals surface area contributed by atoms with E-state index >= 15 is 0 Å². The van der Waals surface area contributed by atoms with E-state index in [2.05, 4.69) is 53.2 Å². The fourth-order valence-electron chi connectivity index (χ4n) is 5.96. The molecule has 1 aromatic rings. The number of amides is 1. The third kappa shape index (κ3) is 5.67. The van der Waals surface area contributed by atoms with Crippen molar-refractivity contribution in [3.63, 3.8) is 0 Å². The number of hydrogen-bond donors (Lipinski definition) is 1. The van der Waals surface area contributed by atoms with E-state index in [-0.39, 0.29) is 11.9 Å². The first-order chi connectivity index (χ1) is 15.9. The second-order valence-corrected chi connectivity index (χ2v) is 10.5. The summed E-state index contributed by atoms with van der Waals surface area (Å²) in [6, 6.07) is 10.4. The molecule has 0 aromatic heterocycles.